The average Bonchev–Trinajstić information content (AvgIpc) is 2.38. The smallest absolute Gasteiger partial charge is 0.239 e. The third kappa shape index (κ3) is 5.38. The summed E-state index contributed by atoms with van der Waals surface area (Å²) >= 11 is 0. The summed E-state index contributed by atoms with van der Waals surface area (Å²) in [6, 6.07) is 0.0643. The predicted octanol–water partition coefficient (Wildman–Crippen LogP) is 2.80. The van der Waals surface area contributed by atoms with Crippen molar-refractivity contribution in [2.75, 3.05) is 20.6 Å². The lowest BCUT2D eigenvalue weighted by atomic mass is 9.87. The number of carbonyl (C=O) groups is 1. The second kappa shape index (κ2) is 8.52. The van der Waals surface area contributed by atoms with Crippen molar-refractivity contribution in [1.82, 2.24) is 10.2 Å². The third-order valence-corrected chi connectivity index (χ3v) is 3.97. The number of nitrogens with one attached hydrogen (secondary N) is 1. The Morgan fingerprint density at radius 1 is 1.22 bits per heavy atom. The molecule has 0 bridgehead atoms. The van der Waals surface area contributed by atoms with E-state index in [1.165, 1.54) is 44.9 Å². The fourth-order valence-electron chi connectivity index (χ4n) is 2.79. The van der Waals surface area contributed by atoms with Crippen LogP contribution in [0.2, 0.25) is 0 Å². The van der Waals surface area contributed by atoms with Gasteiger partial charge in [-0.1, -0.05) is 45.4 Å². The number of piperidine rings is 1. The molecule has 0 aromatic heterocycles. The molecule has 0 aliphatic carbocycles. The maximum atomic E-state index is 11.9. The highest BCUT2D eigenvalue weighted by atomic mass is 16.2. The van der Waals surface area contributed by atoms with Crippen molar-refractivity contribution in [2.24, 2.45) is 5.92 Å². The summed E-state index contributed by atoms with van der Waals surface area (Å²) in [7, 11) is 3.69. The van der Waals surface area contributed by atoms with Crippen molar-refractivity contribution >= 4 is 5.91 Å². The number of hydrogen-bond donors (Lipinski definition) is 1. The molecule has 2 unspecified atom stereocenters. The maximum Gasteiger partial charge on any atom is 0.239 e. The molecule has 3 heteroatoms. The van der Waals surface area contributed by atoms with Crippen LogP contribution in [-0.2, 0) is 4.79 Å². The minimum atomic E-state index is 0.0643. The van der Waals surface area contributed by atoms with Gasteiger partial charge in [0.25, 0.3) is 0 Å². The van der Waals surface area contributed by atoms with Gasteiger partial charge >= 0.3 is 0 Å². The van der Waals surface area contributed by atoms with Gasteiger partial charge in [0.15, 0.2) is 0 Å². The minimum Gasteiger partial charge on any atom is -0.347 e. The van der Waals surface area contributed by atoms with E-state index < -0.39 is 0 Å². The Bertz CT molecular complexity index is 241. The molecule has 3 nitrogen and oxygen atoms in total. The maximum absolute atomic E-state index is 11.9. The van der Waals surface area contributed by atoms with Gasteiger partial charge in [0.2, 0.25) is 5.91 Å². The molecule has 0 aromatic rings. The van der Waals surface area contributed by atoms with Crippen LogP contribution in [0.3, 0.4) is 0 Å². The van der Waals surface area contributed by atoms with Crippen LogP contribution < -0.4 is 5.32 Å². The zero-order valence-corrected chi connectivity index (χ0v) is 12.4. The molecule has 18 heavy (non-hydrogen) atoms. The van der Waals surface area contributed by atoms with Gasteiger partial charge in [0.05, 0.1) is 6.04 Å². The van der Waals surface area contributed by atoms with Gasteiger partial charge in [-0.15, -0.1) is 0 Å². The second-order valence-corrected chi connectivity index (χ2v) is 5.83. The summed E-state index contributed by atoms with van der Waals surface area (Å²) in [6.45, 7) is 3.26. The van der Waals surface area contributed by atoms with E-state index in [2.05, 4.69) is 12.2 Å². The van der Waals surface area contributed by atoms with E-state index in [-0.39, 0.29) is 11.9 Å². The number of likely N-dealkylation sites (N-methyl/N-ethyl adjacent to an activating group) is 1. The quantitative estimate of drug-likeness (QED) is 0.709. The standard InChI is InChI=1S/C15H30N2O/c1-4-5-6-7-8-9-13-10-11-16-14(12-13)15(18)17(2)3/h13-14,16H,4-12H2,1-3H3. The molecule has 1 rings (SSSR count). The van der Waals surface area contributed by atoms with Crippen molar-refractivity contribution in [3.8, 4) is 0 Å². The highest BCUT2D eigenvalue weighted by Gasteiger charge is 2.27. The van der Waals surface area contributed by atoms with Gasteiger partial charge in [-0.25, -0.2) is 0 Å². The first-order valence-electron chi connectivity index (χ1n) is 7.59. The monoisotopic (exact) mass is 254 g/mol. The summed E-state index contributed by atoms with van der Waals surface area (Å²) in [6.07, 6.45) is 10.3. The van der Waals surface area contributed by atoms with Gasteiger partial charge in [-0.2, -0.15) is 0 Å². The van der Waals surface area contributed by atoms with Crippen LogP contribution in [0.4, 0.5) is 0 Å². The van der Waals surface area contributed by atoms with Crippen molar-refractivity contribution in [3.63, 3.8) is 0 Å². The van der Waals surface area contributed by atoms with Gasteiger partial charge in [0.1, 0.15) is 0 Å². The van der Waals surface area contributed by atoms with Crippen molar-refractivity contribution in [1.29, 1.82) is 0 Å². The first kappa shape index (κ1) is 15.5. The topological polar surface area (TPSA) is 32.3 Å². The molecule has 1 saturated heterocycles. The van der Waals surface area contributed by atoms with E-state index in [1.807, 2.05) is 14.1 Å². The molecule has 1 amide bonds. The van der Waals surface area contributed by atoms with Crippen molar-refractivity contribution in [3.05, 3.63) is 0 Å². The van der Waals surface area contributed by atoms with E-state index in [9.17, 15) is 4.79 Å². The summed E-state index contributed by atoms with van der Waals surface area (Å²) in [4.78, 5) is 13.6. The lowest BCUT2D eigenvalue weighted by Crippen LogP contribution is -2.48. The van der Waals surface area contributed by atoms with Gasteiger partial charge in [-0.05, 0) is 25.3 Å². The van der Waals surface area contributed by atoms with E-state index >= 15 is 0 Å². The molecule has 0 radical (unpaired) electrons. The Balaban J connectivity index is 2.20. The predicted molar refractivity (Wildman–Crippen MR) is 76.6 cm³/mol. The Kier molecular flexibility index (Phi) is 7.33. The zero-order valence-electron chi connectivity index (χ0n) is 12.4. The minimum absolute atomic E-state index is 0.0643. The van der Waals surface area contributed by atoms with Crippen LogP contribution >= 0.6 is 0 Å². The molecule has 1 aliphatic rings. The Labute approximate surface area is 112 Å². The van der Waals surface area contributed by atoms with Crippen LogP contribution in [0.25, 0.3) is 0 Å². The van der Waals surface area contributed by atoms with E-state index in [4.69, 9.17) is 0 Å². The van der Waals surface area contributed by atoms with Crippen LogP contribution in [0.5, 0.6) is 0 Å². The Morgan fingerprint density at radius 2 is 1.94 bits per heavy atom. The number of hydrogen-bond acceptors (Lipinski definition) is 2. The van der Waals surface area contributed by atoms with Crippen LogP contribution in [0, 0.1) is 5.92 Å². The van der Waals surface area contributed by atoms with Gasteiger partial charge < -0.3 is 10.2 Å². The fourth-order valence-corrected chi connectivity index (χ4v) is 2.79. The molecule has 1 fully saturated rings. The normalized spacial score (nSPS) is 23.9. The second-order valence-electron chi connectivity index (χ2n) is 5.83. The van der Waals surface area contributed by atoms with E-state index in [0.29, 0.717) is 0 Å². The Hall–Kier alpha value is -0.570. The van der Waals surface area contributed by atoms with Crippen LogP contribution in [-0.4, -0.2) is 37.5 Å². The zero-order chi connectivity index (χ0) is 13.4. The van der Waals surface area contributed by atoms with E-state index in [1.54, 1.807) is 4.90 Å². The van der Waals surface area contributed by atoms with Crippen LogP contribution in [0.1, 0.15) is 58.3 Å². The highest BCUT2D eigenvalue weighted by Crippen LogP contribution is 2.23. The highest BCUT2D eigenvalue weighted by molar-refractivity contribution is 5.81. The fraction of sp³-hybridized carbons (Fsp3) is 0.933. The van der Waals surface area contributed by atoms with E-state index in [0.717, 1.165) is 18.9 Å². The molecule has 2 atom stereocenters. The first-order valence-corrected chi connectivity index (χ1v) is 7.59. The molecular formula is C15H30N2O. The molecule has 106 valence electrons. The molecule has 0 saturated carbocycles. The molecular weight excluding hydrogens is 224 g/mol. The molecule has 0 spiro atoms. The summed E-state index contributed by atoms with van der Waals surface area (Å²) in [5.41, 5.74) is 0. The third-order valence-electron chi connectivity index (χ3n) is 3.97. The largest absolute Gasteiger partial charge is 0.347 e. The number of rotatable bonds is 7. The summed E-state index contributed by atoms with van der Waals surface area (Å²) in [5.74, 6) is 0.993. The van der Waals surface area contributed by atoms with Crippen molar-refractivity contribution < 1.29 is 4.79 Å². The lowest BCUT2D eigenvalue weighted by molar-refractivity contribution is -0.131. The number of unbranched alkanes of at least 4 members (excludes halogenated alkanes) is 4. The molecule has 1 heterocycles. The summed E-state index contributed by atoms with van der Waals surface area (Å²) in [5, 5.41) is 3.35. The molecule has 1 aliphatic heterocycles. The Morgan fingerprint density at radius 3 is 2.61 bits per heavy atom. The molecule has 1 N–H and O–H groups in total. The number of carbonyl (C=O) groups excluding carboxylic acids is 1. The van der Waals surface area contributed by atoms with Gasteiger partial charge in [0, 0.05) is 14.1 Å². The first-order chi connectivity index (χ1) is 8.65. The van der Waals surface area contributed by atoms with Gasteiger partial charge in [-0.3, -0.25) is 4.79 Å². The number of amides is 1. The van der Waals surface area contributed by atoms with Crippen LogP contribution in [0.15, 0.2) is 0 Å². The SMILES string of the molecule is CCCCCCCC1CCNC(C(=O)N(C)C)C1. The molecule has 0 aromatic carbocycles. The number of nitrogens with zero attached hydrogens (tertiary/aromatic N) is 1. The average molecular weight is 254 g/mol. The lowest BCUT2D eigenvalue weighted by Gasteiger charge is -2.31. The van der Waals surface area contributed by atoms with Crippen molar-refractivity contribution in [2.45, 2.75) is 64.3 Å². The summed E-state index contributed by atoms with van der Waals surface area (Å²) < 4.78 is 0.